The van der Waals surface area contributed by atoms with Crippen molar-refractivity contribution in [3.63, 3.8) is 0 Å². The largest absolute Gasteiger partial charge is 0.524 e. The predicted molar refractivity (Wildman–Crippen MR) is 214 cm³/mol. The third-order valence-electron chi connectivity index (χ3n) is 6.73. The molecule has 1 fully saturated rings. The van der Waals surface area contributed by atoms with E-state index in [9.17, 15) is 9.59 Å². The molecule has 0 amide bonds. The van der Waals surface area contributed by atoms with Gasteiger partial charge < -0.3 is 90.6 Å². The van der Waals surface area contributed by atoms with Crippen molar-refractivity contribution < 1.29 is 133 Å². The summed E-state index contributed by atoms with van der Waals surface area (Å²) in [7, 11) is 5.99. The molecule has 0 radical (unpaired) electrons. The van der Waals surface area contributed by atoms with Gasteiger partial charge in [0.1, 0.15) is 6.23 Å². The third-order valence-corrected chi connectivity index (χ3v) is 12.9. The van der Waals surface area contributed by atoms with E-state index < -0.39 is 34.7 Å². The predicted octanol–water partition coefficient (Wildman–Crippen LogP) is -0.483. The van der Waals surface area contributed by atoms with Crippen LogP contribution in [-0.2, 0) is 82.9 Å². The van der Waals surface area contributed by atoms with Crippen molar-refractivity contribution >= 4 is 34.7 Å². The summed E-state index contributed by atoms with van der Waals surface area (Å²) in [6.45, 7) is 9.98. The summed E-state index contributed by atoms with van der Waals surface area (Å²) >= 11 is 0. The van der Waals surface area contributed by atoms with Crippen molar-refractivity contribution in [3.05, 3.63) is 0 Å². The first-order valence-corrected chi connectivity index (χ1v) is 26.2. The molecule has 55 heavy (non-hydrogen) atoms. The third kappa shape index (κ3) is 55.5. The van der Waals surface area contributed by atoms with Crippen LogP contribution in [0.1, 0.15) is 32.6 Å². The van der Waals surface area contributed by atoms with Crippen LogP contribution in [-0.4, -0.2) is 209 Å². The Morgan fingerprint density at radius 2 is 0.891 bits per heavy atom. The van der Waals surface area contributed by atoms with Crippen LogP contribution >= 0.6 is 0 Å². The van der Waals surface area contributed by atoms with E-state index in [1.165, 1.54) is 42.7 Å². The fourth-order valence-electron chi connectivity index (χ4n) is 3.53. The molecule has 4 unspecified atom stereocenters. The number of aliphatic hydroxyl groups excluding tert-OH is 6. The van der Waals surface area contributed by atoms with Gasteiger partial charge in [-0.3, -0.25) is 0 Å². The molecular weight excluding hydrogens is 1140 g/mol. The van der Waals surface area contributed by atoms with Gasteiger partial charge in [0.15, 0.2) is 0 Å². The van der Waals surface area contributed by atoms with E-state index in [1.54, 1.807) is 33.3 Å². The Labute approximate surface area is 366 Å². The van der Waals surface area contributed by atoms with Crippen LogP contribution in [0.5, 0.6) is 0 Å². The van der Waals surface area contributed by atoms with Gasteiger partial charge in [-0.25, -0.2) is 0 Å². The van der Waals surface area contributed by atoms with E-state index in [1.807, 2.05) is 0 Å². The van der Waals surface area contributed by atoms with Gasteiger partial charge in [0.2, 0.25) is 0 Å². The van der Waals surface area contributed by atoms with Gasteiger partial charge in [-0.05, 0) is 57.3 Å². The molecule has 0 spiro atoms. The van der Waals surface area contributed by atoms with Crippen LogP contribution < -0.4 is 0 Å². The van der Waals surface area contributed by atoms with Crippen molar-refractivity contribution in [2.24, 2.45) is 11.8 Å². The molecule has 0 aliphatic heterocycles. The normalized spacial score (nSPS) is 16.3. The van der Waals surface area contributed by atoms with E-state index in [-0.39, 0.29) is 66.5 Å². The molecule has 1 rings (SSSR count). The first-order chi connectivity index (χ1) is 24.9. The first-order valence-electron chi connectivity index (χ1n) is 16.5. The maximum atomic E-state index is 10.3. The second kappa shape index (κ2) is 55.5. The fourth-order valence-corrected chi connectivity index (χ4v) is 5.94. The minimum Gasteiger partial charge on any atom is -0.411 e. The average Bonchev–Trinajstić information content (AvgIpc) is 3.21. The maximum Gasteiger partial charge on any atom is 0.524 e. The molecule has 10 N–H and O–H groups in total. The minimum absolute atomic E-state index is 0. The quantitative estimate of drug-likeness (QED) is 0.0824. The molecule has 346 valence electrons. The van der Waals surface area contributed by atoms with Gasteiger partial charge in [-0.1, -0.05) is 13.3 Å². The Bertz CT molecular complexity index is 642. The van der Waals surface area contributed by atoms with Crippen molar-refractivity contribution in [2.75, 3.05) is 112 Å². The average molecular weight is 1230 g/mol. The van der Waals surface area contributed by atoms with Gasteiger partial charge >= 0.3 is 34.7 Å². The summed E-state index contributed by atoms with van der Waals surface area (Å²) in [6.07, 6.45) is 3.59. The zero-order valence-electron chi connectivity index (χ0n) is 36.9. The molecular formula is C30H84O19Si4W2. The number of methoxy groups -OCH3 is 1. The molecule has 0 aromatic rings. The summed E-state index contributed by atoms with van der Waals surface area (Å²) < 4.78 is 47.2. The van der Waals surface area contributed by atoms with Gasteiger partial charge in [-0.15, -0.1) is 0 Å². The SMILES string of the molecule is CCC(COC1CCC(COC[Si](O)(OC)OC)CC1OC)C[Si](O)(OC)OC.CO.CO.CO.CO.CO.CO.CO[Si](C)(C)O.CO[Si](C)(C)O.[W].[W]. The molecule has 0 aromatic carbocycles. The number of rotatable bonds is 17. The summed E-state index contributed by atoms with van der Waals surface area (Å²) in [5, 5.41) is 42.0. The minimum atomic E-state index is -3.19. The zero-order valence-corrected chi connectivity index (χ0v) is 46.8. The van der Waals surface area contributed by atoms with Crippen LogP contribution in [0.15, 0.2) is 0 Å². The Morgan fingerprint density at radius 3 is 1.16 bits per heavy atom. The van der Waals surface area contributed by atoms with E-state index in [4.69, 9.17) is 72.1 Å². The molecule has 0 heterocycles. The van der Waals surface area contributed by atoms with Crippen LogP contribution in [0.4, 0.5) is 0 Å². The Hall–Kier alpha value is 1.48. The van der Waals surface area contributed by atoms with Crippen molar-refractivity contribution in [1.29, 1.82) is 0 Å². The van der Waals surface area contributed by atoms with E-state index in [0.717, 1.165) is 68.3 Å². The van der Waals surface area contributed by atoms with Crippen molar-refractivity contribution in [2.45, 2.75) is 77.0 Å². The number of hydrogen-bond donors (Lipinski definition) is 10. The van der Waals surface area contributed by atoms with Crippen LogP contribution in [0.3, 0.4) is 0 Å². The summed E-state index contributed by atoms with van der Waals surface area (Å²) in [5.41, 5.74) is 0. The van der Waals surface area contributed by atoms with Gasteiger partial charge in [0, 0.05) is 154 Å². The summed E-state index contributed by atoms with van der Waals surface area (Å²) in [6, 6.07) is 0.475. The summed E-state index contributed by atoms with van der Waals surface area (Å²) in [4.78, 5) is 37.9. The number of hydrogen-bond acceptors (Lipinski definition) is 19. The molecule has 0 saturated heterocycles. The van der Waals surface area contributed by atoms with Gasteiger partial charge in [0.05, 0.1) is 12.2 Å². The van der Waals surface area contributed by atoms with Crippen molar-refractivity contribution in [3.8, 4) is 0 Å². The second-order valence-corrected chi connectivity index (χ2v) is 22.6. The molecule has 25 heteroatoms. The van der Waals surface area contributed by atoms with Crippen LogP contribution in [0, 0.1) is 11.8 Å². The first kappa shape index (κ1) is 80.5. The number of ether oxygens (including phenoxy) is 3. The maximum absolute atomic E-state index is 10.3. The van der Waals surface area contributed by atoms with E-state index in [0.29, 0.717) is 25.2 Å². The molecule has 0 bridgehead atoms. The molecule has 0 aromatic heterocycles. The monoisotopic (exact) mass is 1230 g/mol. The molecule has 1 aliphatic rings. The zero-order chi connectivity index (χ0) is 44.3. The smallest absolute Gasteiger partial charge is 0.411 e. The molecule has 4 atom stereocenters. The molecule has 1 aliphatic carbocycles. The van der Waals surface area contributed by atoms with Crippen LogP contribution in [0.25, 0.3) is 0 Å². The Morgan fingerprint density at radius 1 is 0.545 bits per heavy atom. The van der Waals surface area contributed by atoms with Gasteiger partial charge in [0.25, 0.3) is 0 Å². The second-order valence-electron chi connectivity index (χ2n) is 10.9. The standard InChI is InChI=1S/C18H40O9Si2.2C3H10O2Si.6CH4O.2W/c1-7-15(13-28(19,22-3)23-4)12-27-17-9-8-16(10-18(17)21-2)11-26-14-29(20,24-5)25-6;2*1-5-6(2,3)4;6*1-2;;/h15-20H,7-14H2,1-6H3;2*4H,1-3H3;6*2H,1H3;;. The van der Waals surface area contributed by atoms with E-state index >= 15 is 0 Å². The Balaban J connectivity index is -0.0000000806. The fraction of sp³-hybridized carbons (Fsp3) is 1.00. The van der Waals surface area contributed by atoms with Crippen LogP contribution in [0.2, 0.25) is 32.2 Å². The Kier molecular flexibility index (Phi) is 81.2. The van der Waals surface area contributed by atoms with Crippen molar-refractivity contribution in [1.82, 2.24) is 0 Å². The molecule has 19 nitrogen and oxygen atoms in total. The number of aliphatic hydroxyl groups is 6. The summed E-state index contributed by atoms with van der Waals surface area (Å²) in [5.74, 6) is 0.490. The van der Waals surface area contributed by atoms with E-state index in [2.05, 4.69) is 15.8 Å². The topological polar surface area (TPSA) is 285 Å². The van der Waals surface area contributed by atoms with Gasteiger partial charge in [-0.2, -0.15) is 0 Å². The molecule has 1 saturated carbocycles.